The van der Waals surface area contributed by atoms with Crippen molar-refractivity contribution in [2.75, 3.05) is 12.3 Å². The molecule has 164 valence electrons. The zero-order valence-corrected chi connectivity index (χ0v) is 17.0. The van der Waals surface area contributed by atoms with E-state index in [-0.39, 0.29) is 18.7 Å². The molecule has 0 aliphatic carbocycles. The van der Waals surface area contributed by atoms with Crippen molar-refractivity contribution in [1.29, 1.82) is 0 Å². The van der Waals surface area contributed by atoms with Gasteiger partial charge in [-0.25, -0.2) is 23.7 Å². The maximum atomic E-state index is 13.4. The summed E-state index contributed by atoms with van der Waals surface area (Å²) >= 11 is 0. The van der Waals surface area contributed by atoms with Crippen LogP contribution >= 0.6 is 0 Å². The van der Waals surface area contributed by atoms with Crippen LogP contribution in [0.3, 0.4) is 0 Å². The van der Waals surface area contributed by atoms with Gasteiger partial charge >= 0.3 is 0 Å². The van der Waals surface area contributed by atoms with Gasteiger partial charge in [-0.2, -0.15) is 0 Å². The summed E-state index contributed by atoms with van der Waals surface area (Å²) in [7, 11) is 0. The van der Waals surface area contributed by atoms with Crippen molar-refractivity contribution in [2.45, 2.75) is 6.54 Å². The molecule has 0 fully saturated rings. The number of carbonyl (C=O) groups excluding carboxylic acids is 1. The minimum Gasteiger partial charge on any atom is -0.383 e. The van der Waals surface area contributed by atoms with E-state index in [1.807, 2.05) is 0 Å². The first-order valence-electron chi connectivity index (χ1n) is 9.68. The topological polar surface area (TPSA) is 116 Å². The molecule has 2 aromatic carbocycles. The van der Waals surface area contributed by atoms with Crippen molar-refractivity contribution in [1.82, 2.24) is 24.8 Å². The van der Waals surface area contributed by atoms with Crippen LogP contribution in [0, 0.1) is 23.5 Å². The lowest BCUT2D eigenvalue weighted by molar-refractivity contribution is 0.0956. The Balaban J connectivity index is 1.44. The van der Waals surface area contributed by atoms with Gasteiger partial charge in [-0.3, -0.25) is 14.2 Å². The highest BCUT2D eigenvalue weighted by atomic mass is 19.2. The average molecular weight is 446 g/mol. The summed E-state index contributed by atoms with van der Waals surface area (Å²) in [5.41, 5.74) is 6.73. The van der Waals surface area contributed by atoms with Gasteiger partial charge < -0.3 is 11.1 Å². The molecule has 0 atom stereocenters. The summed E-state index contributed by atoms with van der Waals surface area (Å²) in [6, 6.07) is 8.58. The number of hydrogen-bond donors (Lipinski definition) is 2. The minimum atomic E-state index is -1.03. The molecule has 0 saturated heterocycles. The van der Waals surface area contributed by atoms with Gasteiger partial charge in [0.1, 0.15) is 17.7 Å². The number of nitrogens with zero attached hydrogens (tertiary/aromatic N) is 4. The predicted octanol–water partition coefficient (Wildman–Crippen LogP) is 1.88. The van der Waals surface area contributed by atoms with Crippen molar-refractivity contribution in [3.8, 4) is 11.8 Å². The molecule has 3 N–H and O–H groups in total. The lowest BCUT2D eigenvalue weighted by Gasteiger charge is -2.08. The van der Waals surface area contributed by atoms with Gasteiger partial charge in [0.15, 0.2) is 11.6 Å². The molecule has 1 amide bonds. The summed E-state index contributed by atoms with van der Waals surface area (Å²) in [4.78, 5) is 37.0. The van der Waals surface area contributed by atoms with E-state index in [0.717, 1.165) is 22.9 Å². The quantitative estimate of drug-likeness (QED) is 0.463. The van der Waals surface area contributed by atoms with Crippen molar-refractivity contribution in [2.24, 2.45) is 0 Å². The largest absolute Gasteiger partial charge is 0.383 e. The van der Waals surface area contributed by atoms with E-state index < -0.39 is 23.1 Å². The Bertz CT molecular complexity index is 1490. The van der Waals surface area contributed by atoms with E-state index in [1.54, 1.807) is 18.2 Å². The highest BCUT2D eigenvalue weighted by molar-refractivity contribution is 5.93. The van der Waals surface area contributed by atoms with Crippen molar-refractivity contribution in [3.63, 3.8) is 0 Å². The number of rotatable bonds is 4. The van der Waals surface area contributed by atoms with Gasteiger partial charge in [0.25, 0.3) is 11.5 Å². The van der Waals surface area contributed by atoms with Crippen LogP contribution in [0.4, 0.5) is 14.6 Å². The second-order valence-electron chi connectivity index (χ2n) is 6.96. The number of nitrogens with one attached hydrogen (secondary N) is 1. The zero-order valence-electron chi connectivity index (χ0n) is 17.0. The van der Waals surface area contributed by atoms with Crippen molar-refractivity contribution < 1.29 is 13.6 Å². The summed E-state index contributed by atoms with van der Waals surface area (Å²) in [6.45, 7) is -0.0894. The Labute approximate surface area is 186 Å². The molecular formula is C23H16F2N6O2. The average Bonchev–Trinajstić information content (AvgIpc) is 2.81. The highest BCUT2D eigenvalue weighted by Crippen LogP contribution is 2.17. The maximum absolute atomic E-state index is 13.4. The molecule has 2 heterocycles. The van der Waals surface area contributed by atoms with Crippen molar-refractivity contribution >= 4 is 22.6 Å². The van der Waals surface area contributed by atoms with E-state index in [1.165, 1.54) is 18.7 Å². The van der Waals surface area contributed by atoms with Gasteiger partial charge in [-0.1, -0.05) is 17.9 Å². The standard InChI is InChI=1S/C23H16F2N6O2/c24-18-5-3-15(9-19(18)25)11-31-13-27-10-17(23(31)33)22(32)28-7-1-2-14-4-6-20-16(8-14)21(26)30-12-29-20/h3-6,8-10,12-13H,7,11H2,(H,28,32)(H2,26,29,30). The Morgan fingerprint density at radius 1 is 1.12 bits per heavy atom. The molecule has 33 heavy (non-hydrogen) atoms. The molecule has 10 heteroatoms. The van der Waals surface area contributed by atoms with E-state index >= 15 is 0 Å². The molecule has 0 aliphatic rings. The Morgan fingerprint density at radius 2 is 1.97 bits per heavy atom. The summed E-state index contributed by atoms with van der Waals surface area (Å²) in [5, 5.41) is 3.21. The van der Waals surface area contributed by atoms with Crippen molar-refractivity contribution in [3.05, 3.63) is 93.9 Å². The lowest BCUT2D eigenvalue weighted by atomic mass is 10.1. The van der Waals surface area contributed by atoms with Gasteiger partial charge in [0.05, 0.1) is 24.9 Å². The van der Waals surface area contributed by atoms with Crippen LogP contribution < -0.4 is 16.6 Å². The molecule has 0 aliphatic heterocycles. The summed E-state index contributed by atoms with van der Waals surface area (Å²) < 4.78 is 27.6. The molecule has 0 saturated carbocycles. The third-order valence-corrected chi connectivity index (χ3v) is 4.72. The number of halogens is 2. The number of hydrogen-bond acceptors (Lipinski definition) is 6. The lowest BCUT2D eigenvalue weighted by Crippen LogP contribution is -2.33. The number of benzene rings is 2. The number of aromatic nitrogens is 4. The second kappa shape index (κ2) is 9.23. The molecule has 4 rings (SSSR count). The van der Waals surface area contributed by atoms with Crippen LogP contribution in [0.1, 0.15) is 21.5 Å². The highest BCUT2D eigenvalue weighted by Gasteiger charge is 2.13. The van der Waals surface area contributed by atoms with E-state index in [2.05, 4.69) is 32.1 Å². The van der Waals surface area contributed by atoms with Gasteiger partial charge in [-0.15, -0.1) is 0 Å². The molecule has 8 nitrogen and oxygen atoms in total. The van der Waals surface area contributed by atoms with E-state index in [9.17, 15) is 18.4 Å². The SMILES string of the molecule is Nc1ncnc2ccc(C#CCNC(=O)c3cncn(Cc4ccc(F)c(F)c4)c3=O)cc12. The first-order valence-corrected chi connectivity index (χ1v) is 9.68. The van der Waals surface area contributed by atoms with Crippen LogP contribution in [0.5, 0.6) is 0 Å². The fourth-order valence-corrected chi connectivity index (χ4v) is 3.07. The normalized spacial score (nSPS) is 10.5. The Kier molecular flexibility index (Phi) is 6.04. The van der Waals surface area contributed by atoms with Gasteiger partial charge in [0.2, 0.25) is 0 Å². The van der Waals surface area contributed by atoms with Gasteiger partial charge in [0, 0.05) is 17.1 Å². The fourth-order valence-electron chi connectivity index (χ4n) is 3.07. The molecule has 4 aromatic rings. The first kappa shape index (κ1) is 21.6. The van der Waals surface area contributed by atoms with Crippen LogP contribution in [0.15, 0.2) is 60.0 Å². The third-order valence-electron chi connectivity index (χ3n) is 4.72. The van der Waals surface area contributed by atoms with Crippen LogP contribution in [0.25, 0.3) is 10.9 Å². The fraction of sp³-hybridized carbons (Fsp3) is 0.0870. The monoisotopic (exact) mass is 446 g/mol. The smallest absolute Gasteiger partial charge is 0.266 e. The number of amides is 1. The summed E-state index contributed by atoms with van der Waals surface area (Å²) in [5.74, 6) is 3.37. The number of nitrogen functional groups attached to an aromatic ring is 1. The van der Waals surface area contributed by atoms with Crippen LogP contribution in [-0.2, 0) is 6.54 Å². The molecule has 0 radical (unpaired) electrons. The van der Waals surface area contributed by atoms with E-state index in [0.29, 0.717) is 27.8 Å². The van der Waals surface area contributed by atoms with Crippen LogP contribution in [-0.4, -0.2) is 32.0 Å². The minimum absolute atomic E-state index is 0.0187. The molecule has 0 spiro atoms. The number of anilines is 1. The molecule has 0 unspecified atom stereocenters. The maximum Gasteiger partial charge on any atom is 0.266 e. The molecular weight excluding hydrogens is 430 g/mol. The third kappa shape index (κ3) is 4.83. The summed E-state index contributed by atoms with van der Waals surface area (Å²) in [6.07, 6.45) is 3.73. The second-order valence-corrected chi connectivity index (χ2v) is 6.96. The van der Waals surface area contributed by atoms with E-state index in [4.69, 9.17) is 5.73 Å². The Morgan fingerprint density at radius 3 is 2.79 bits per heavy atom. The molecule has 0 bridgehead atoms. The number of fused-ring (bicyclic) bond motifs is 1. The van der Waals surface area contributed by atoms with Crippen LogP contribution in [0.2, 0.25) is 0 Å². The predicted molar refractivity (Wildman–Crippen MR) is 117 cm³/mol. The number of nitrogens with two attached hydrogens (primary N) is 1. The molecule has 2 aromatic heterocycles. The number of carbonyl (C=O) groups is 1. The zero-order chi connectivity index (χ0) is 23.4. The Hall–Kier alpha value is -4.65. The first-order chi connectivity index (χ1) is 15.9. The van der Waals surface area contributed by atoms with Gasteiger partial charge in [-0.05, 0) is 35.9 Å².